The zero-order valence-electron chi connectivity index (χ0n) is 15.3. The van der Waals surface area contributed by atoms with Crippen LogP contribution in [0.5, 0.6) is 0 Å². The van der Waals surface area contributed by atoms with E-state index in [4.69, 9.17) is 14.2 Å². The minimum absolute atomic E-state index is 0.0211. The Balaban J connectivity index is 3.17. The van der Waals surface area contributed by atoms with Gasteiger partial charge in [-0.2, -0.15) is 0 Å². The molecule has 5 nitrogen and oxygen atoms in total. The van der Waals surface area contributed by atoms with Gasteiger partial charge in [0.1, 0.15) is 12.4 Å². The average molecular weight is 330 g/mol. The molecule has 0 spiro atoms. The predicted molar refractivity (Wildman–Crippen MR) is 90.6 cm³/mol. The Morgan fingerprint density at radius 1 is 0.652 bits per heavy atom. The van der Waals surface area contributed by atoms with Crippen LogP contribution in [0.1, 0.15) is 53.4 Å². The van der Waals surface area contributed by atoms with Gasteiger partial charge in [0.25, 0.3) is 0 Å². The molecule has 23 heavy (non-hydrogen) atoms. The van der Waals surface area contributed by atoms with Crippen LogP contribution in [-0.2, 0) is 23.8 Å². The van der Waals surface area contributed by atoms with E-state index in [9.17, 15) is 9.59 Å². The third kappa shape index (κ3) is 14.5. The number of Topliss-reactive ketones (excluding diaryl/α,β-unsaturated/α-hetero) is 2. The lowest BCUT2D eigenvalue weighted by atomic mass is 10.0. The number of unbranched alkanes of at least 4 members (excludes halogenated alkanes) is 2. The van der Waals surface area contributed by atoms with Crippen LogP contribution in [0.15, 0.2) is 0 Å². The molecule has 0 saturated heterocycles. The van der Waals surface area contributed by atoms with Crippen molar-refractivity contribution in [1.82, 2.24) is 0 Å². The highest BCUT2D eigenvalue weighted by molar-refractivity contribution is 5.81. The topological polar surface area (TPSA) is 61.8 Å². The first kappa shape index (κ1) is 22.2. The van der Waals surface area contributed by atoms with E-state index >= 15 is 0 Å². The molecule has 0 bridgehead atoms. The van der Waals surface area contributed by atoms with Gasteiger partial charge in [-0.05, 0) is 12.8 Å². The summed E-state index contributed by atoms with van der Waals surface area (Å²) in [7, 11) is 0. The van der Waals surface area contributed by atoms with Gasteiger partial charge in [-0.1, -0.05) is 34.1 Å². The van der Waals surface area contributed by atoms with Gasteiger partial charge >= 0.3 is 0 Å². The SMILES string of the molecule is CC(C)C(=O)CCCCCOCCOCCOCC(=O)C(C)C. The van der Waals surface area contributed by atoms with Crippen molar-refractivity contribution in [2.75, 3.05) is 39.6 Å². The van der Waals surface area contributed by atoms with Gasteiger partial charge in [0.2, 0.25) is 0 Å². The number of ether oxygens (including phenoxy) is 3. The molecule has 0 saturated carbocycles. The van der Waals surface area contributed by atoms with E-state index in [1.807, 2.05) is 27.7 Å². The van der Waals surface area contributed by atoms with Crippen LogP contribution in [0, 0.1) is 11.8 Å². The van der Waals surface area contributed by atoms with E-state index in [1.54, 1.807) is 0 Å². The van der Waals surface area contributed by atoms with Gasteiger partial charge in [0.15, 0.2) is 5.78 Å². The summed E-state index contributed by atoms with van der Waals surface area (Å²) in [5, 5.41) is 0. The number of hydrogen-bond donors (Lipinski definition) is 0. The molecule has 0 amide bonds. The van der Waals surface area contributed by atoms with Crippen LogP contribution >= 0.6 is 0 Å². The van der Waals surface area contributed by atoms with E-state index < -0.39 is 0 Å². The van der Waals surface area contributed by atoms with Crippen molar-refractivity contribution in [3.05, 3.63) is 0 Å². The Bertz CT molecular complexity index is 283. The molecule has 0 heterocycles. The first-order valence-corrected chi connectivity index (χ1v) is 8.73. The maximum absolute atomic E-state index is 11.4. The molecule has 0 aromatic carbocycles. The molecule has 0 aliphatic rings. The molecular formula is C18H34O5. The summed E-state index contributed by atoms with van der Waals surface area (Å²) < 4.78 is 16.0. The second kappa shape index (κ2) is 14.8. The summed E-state index contributed by atoms with van der Waals surface area (Å²) in [6.45, 7) is 10.5. The summed E-state index contributed by atoms with van der Waals surface area (Å²) in [6.07, 6.45) is 3.63. The standard InChI is InChI=1S/C18H34O5/c1-15(2)17(19)8-6-5-7-9-21-10-11-22-12-13-23-14-18(20)16(3)4/h15-16H,5-14H2,1-4H3. The summed E-state index contributed by atoms with van der Waals surface area (Å²) in [5.41, 5.74) is 0. The summed E-state index contributed by atoms with van der Waals surface area (Å²) in [5.74, 6) is 0.628. The van der Waals surface area contributed by atoms with E-state index in [0.29, 0.717) is 45.2 Å². The summed E-state index contributed by atoms with van der Waals surface area (Å²) in [6, 6.07) is 0. The molecule has 0 atom stereocenters. The Labute approximate surface area is 141 Å². The van der Waals surface area contributed by atoms with Crippen LogP contribution < -0.4 is 0 Å². The van der Waals surface area contributed by atoms with E-state index in [-0.39, 0.29) is 24.2 Å². The Hall–Kier alpha value is -0.780. The fourth-order valence-corrected chi connectivity index (χ4v) is 1.75. The zero-order chi connectivity index (χ0) is 17.5. The highest BCUT2D eigenvalue weighted by atomic mass is 16.5. The Morgan fingerprint density at radius 2 is 1.17 bits per heavy atom. The first-order chi connectivity index (χ1) is 10.9. The monoisotopic (exact) mass is 330 g/mol. The fraction of sp³-hybridized carbons (Fsp3) is 0.889. The highest BCUT2D eigenvalue weighted by Gasteiger charge is 2.06. The van der Waals surface area contributed by atoms with Crippen molar-refractivity contribution in [1.29, 1.82) is 0 Å². The van der Waals surface area contributed by atoms with Gasteiger partial charge in [-0.3, -0.25) is 9.59 Å². The quantitative estimate of drug-likeness (QED) is 0.407. The van der Waals surface area contributed by atoms with Gasteiger partial charge in [-0.15, -0.1) is 0 Å². The number of carbonyl (C=O) groups excluding carboxylic acids is 2. The van der Waals surface area contributed by atoms with Crippen molar-refractivity contribution >= 4 is 11.6 Å². The van der Waals surface area contributed by atoms with Crippen LogP contribution in [-0.4, -0.2) is 51.2 Å². The van der Waals surface area contributed by atoms with Gasteiger partial charge in [0, 0.05) is 24.9 Å². The lowest BCUT2D eigenvalue weighted by Gasteiger charge is -2.07. The zero-order valence-corrected chi connectivity index (χ0v) is 15.3. The van der Waals surface area contributed by atoms with E-state index in [0.717, 1.165) is 19.3 Å². The molecule has 0 unspecified atom stereocenters. The Morgan fingerprint density at radius 3 is 1.74 bits per heavy atom. The lowest BCUT2D eigenvalue weighted by molar-refractivity contribution is -0.127. The van der Waals surface area contributed by atoms with Crippen molar-refractivity contribution in [2.45, 2.75) is 53.4 Å². The van der Waals surface area contributed by atoms with Crippen molar-refractivity contribution < 1.29 is 23.8 Å². The van der Waals surface area contributed by atoms with Crippen LogP contribution in [0.2, 0.25) is 0 Å². The average Bonchev–Trinajstić information content (AvgIpc) is 2.50. The number of carbonyl (C=O) groups is 2. The normalized spacial score (nSPS) is 11.4. The molecule has 0 N–H and O–H groups in total. The molecule has 0 aliphatic carbocycles. The molecule has 0 aromatic heterocycles. The molecule has 0 aromatic rings. The van der Waals surface area contributed by atoms with Crippen LogP contribution in [0.25, 0.3) is 0 Å². The molecule has 0 fully saturated rings. The molecular weight excluding hydrogens is 296 g/mol. The maximum atomic E-state index is 11.4. The van der Waals surface area contributed by atoms with Gasteiger partial charge in [-0.25, -0.2) is 0 Å². The Kier molecular flexibility index (Phi) is 14.3. The summed E-state index contributed by atoms with van der Waals surface area (Å²) in [4.78, 5) is 22.7. The second-order valence-electron chi connectivity index (χ2n) is 6.33. The second-order valence-corrected chi connectivity index (χ2v) is 6.33. The molecule has 0 aliphatic heterocycles. The third-order valence-electron chi connectivity index (χ3n) is 3.49. The van der Waals surface area contributed by atoms with Crippen LogP contribution in [0.4, 0.5) is 0 Å². The predicted octanol–water partition coefficient (Wildman–Crippen LogP) is 3.05. The first-order valence-electron chi connectivity index (χ1n) is 8.73. The lowest BCUT2D eigenvalue weighted by Crippen LogP contribution is -2.17. The van der Waals surface area contributed by atoms with Crippen molar-refractivity contribution in [2.24, 2.45) is 11.8 Å². The molecule has 136 valence electrons. The van der Waals surface area contributed by atoms with E-state index in [1.165, 1.54) is 0 Å². The minimum Gasteiger partial charge on any atom is -0.379 e. The van der Waals surface area contributed by atoms with Gasteiger partial charge in [0.05, 0.1) is 26.4 Å². The number of hydrogen-bond acceptors (Lipinski definition) is 5. The maximum Gasteiger partial charge on any atom is 0.160 e. The van der Waals surface area contributed by atoms with Gasteiger partial charge < -0.3 is 14.2 Å². The fourth-order valence-electron chi connectivity index (χ4n) is 1.75. The molecule has 0 radical (unpaired) electrons. The third-order valence-corrected chi connectivity index (χ3v) is 3.49. The largest absolute Gasteiger partial charge is 0.379 e. The van der Waals surface area contributed by atoms with Crippen molar-refractivity contribution in [3.8, 4) is 0 Å². The molecule has 0 rings (SSSR count). The number of ketones is 2. The smallest absolute Gasteiger partial charge is 0.160 e. The minimum atomic E-state index is 0.0211. The van der Waals surface area contributed by atoms with Crippen molar-refractivity contribution in [3.63, 3.8) is 0 Å². The van der Waals surface area contributed by atoms with Crippen LogP contribution in [0.3, 0.4) is 0 Å². The number of rotatable bonds is 16. The summed E-state index contributed by atoms with van der Waals surface area (Å²) >= 11 is 0. The highest BCUT2D eigenvalue weighted by Crippen LogP contribution is 2.06. The van der Waals surface area contributed by atoms with E-state index in [2.05, 4.69) is 0 Å². The molecule has 5 heteroatoms.